The fourth-order valence-electron chi connectivity index (χ4n) is 8.42. The summed E-state index contributed by atoms with van der Waals surface area (Å²) in [5, 5.41) is 79.8. The fourth-order valence-corrected chi connectivity index (χ4v) is 9.95. The number of cyclic esters (lactones) is 1. The van der Waals surface area contributed by atoms with Crippen molar-refractivity contribution >= 4 is 27.6 Å². The number of allylic oxidation sites excluding steroid dienone is 6. The van der Waals surface area contributed by atoms with Gasteiger partial charge in [-0.25, -0.2) is 9.13 Å². The molecule has 2 bridgehead atoms. The van der Waals surface area contributed by atoms with Crippen molar-refractivity contribution in [3.8, 4) is 0 Å². The average molecular weight is 1040 g/mol. The summed E-state index contributed by atoms with van der Waals surface area (Å²) in [6, 6.07) is 0. The number of hydrogen-bond acceptors (Lipinski definition) is 16. The molecule has 1 unspecified atom stereocenters. The first-order valence-electron chi connectivity index (χ1n) is 25.4. The Morgan fingerprint density at radius 1 is 0.786 bits per heavy atom. The van der Waals surface area contributed by atoms with Gasteiger partial charge in [0.05, 0.1) is 37.1 Å². The summed E-state index contributed by atoms with van der Waals surface area (Å²) in [5.41, 5.74) is 0. The molecule has 0 aromatic rings. The molecule has 1 aliphatic carbocycles. The molecular weight excluding hydrogens is 954 g/mol. The second kappa shape index (κ2) is 35.9. The van der Waals surface area contributed by atoms with Crippen molar-refractivity contribution in [2.45, 2.75) is 223 Å². The van der Waals surface area contributed by atoms with Gasteiger partial charge in [-0.3, -0.25) is 23.2 Å². The summed E-state index contributed by atoms with van der Waals surface area (Å²) >= 11 is 0. The van der Waals surface area contributed by atoms with Gasteiger partial charge in [-0.2, -0.15) is 0 Å². The average Bonchev–Trinajstić information content (AvgIpc) is 3.30. The zero-order chi connectivity index (χ0) is 52.0. The van der Waals surface area contributed by atoms with Gasteiger partial charge < -0.3 is 59.9 Å². The van der Waals surface area contributed by atoms with E-state index in [1.54, 1.807) is 0 Å². The van der Waals surface area contributed by atoms with E-state index in [-0.39, 0.29) is 32.1 Å². The number of fused-ring (bicyclic) bond motifs is 4. The van der Waals surface area contributed by atoms with E-state index < -0.39 is 120 Å². The van der Waals surface area contributed by atoms with Gasteiger partial charge in [0, 0.05) is 31.1 Å². The SMILES string of the molecule is CCCCCCCC/C=C\C/C=C\C/C=C\CCCC(=O)OC[C@@H]1COP(=O)(O)O[C@H]2[C@H](O)[C@@H](O)[C@H](O)[C@@H](CCCCCCC(=O)O1)[C@@H](O)C[C@@H](O)[C@H](C=C[C@@H](O)CCCCC)[C@@H](O)[C@H]2OP(=O)(O)O. The molecule has 13 atom stereocenters. The van der Waals surface area contributed by atoms with E-state index in [0.29, 0.717) is 38.5 Å². The number of unbranched alkanes of at least 4 members (excludes halogenated alkanes) is 9. The molecule has 1 saturated carbocycles. The Hall–Kier alpha value is -2.16. The first-order chi connectivity index (χ1) is 33.3. The molecule has 406 valence electrons. The lowest BCUT2D eigenvalue weighted by atomic mass is 9.82. The molecule has 2 fully saturated rings. The number of hydrogen-bond donors (Lipinski definition) is 10. The summed E-state index contributed by atoms with van der Waals surface area (Å²) < 4.78 is 52.2. The summed E-state index contributed by atoms with van der Waals surface area (Å²) in [4.78, 5) is 56.7. The molecule has 2 rings (SSSR count). The fraction of sp³-hybridized carbons (Fsp3) is 0.796. The van der Waals surface area contributed by atoms with E-state index in [1.165, 1.54) is 44.6 Å². The second-order valence-corrected chi connectivity index (χ2v) is 21.1. The monoisotopic (exact) mass is 1040 g/mol. The molecule has 10 N–H and O–H groups in total. The van der Waals surface area contributed by atoms with Crippen molar-refractivity contribution in [3.63, 3.8) is 0 Å². The topological polar surface area (TPSA) is 317 Å². The number of esters is 2. The predicted molar refractivity (Wildman–Crippen MR) is 262 cm³/mol. The molecule has 70 heavy (non-hydrogen) atoms. The molecule has 19 nitrogen and oxygen atoms in total. The van der Waals surface area contributed by atoms with Crippen molar-refractivity contribution in [1.29, 1.82) is 0 Å². The minimum absolute atomic E-state index is 0.00960. The molecule has 0 radical (unpaired) electrons. The number of carbonyl (C=O) groups excluding carboxylic acids is 2. The zero-order valence-electron chi connectivity index (χ0n) is 41.3. The maximum atomic E-state index is 13.7. The smallest absolute Gasteiger partial charge is 0.462 e. The second-order valence-electron chi connectivity index (χ2n) is 18.5. The van der Waals surface area contributed by atoms with E-state index in [4.69, 9.17) is 23.0 Å². The lowest BCUT2D eigenvalue weighted by Gasteiger charge is -2.39. The maximum Gasteiger partial charge on any atom is 0.472 e. The molecule has 0 amide bonds. The molecule has 0 aromatic carbocycles. The van der Waals surface area contributed by atoms with E-state index in [0.717, 1.165) is 38.2 Å². The minimum Gasteiger partial charge on any atom is -0.462 e. The third kappa shape index (κ3) is 27.2. The Morgan fingerprint density at radius 3 is 2.07 bits per heavy atom. The highest BCUT2D eigenvalue weighted by molar-refractivity contribution is 7.47. The standard InChI is InChI=1S/C49H86O19P2/c1-3-5-7-8-9-10-11-12-13-14-15-16-17-18-19-20-25-29-42(53)64-34-37-35-65-70(62,63)68-49-47(58)46(57)44(55)38(28-24-21-22-26-30-43(54)66-37)40(51)33-41(52)39(32-31-36(50)27-23-6-4-2)45(56)48(49)67-69(59,60)61/h12-13,15-16,18-19,31-32,36-41,44-52,55-58H,3-11,14,17,20-30,33-35H2,1-2H3,(H,62,63)(H2,59,60,61)/b13-12-,16-15-,19-18-,32-31?/t36-,37+,38-,39-,40-,41+,44+,45+,46-,47+,48+,49-/m0/s1. The van der Waals surface area contributed by atoms with Crippen LogP contribution in [0.25, 0.3) is 0 Å². The normalized spacial score (nSPS) is 31.3. The Balaban J connectivity index is 2.27. The highest BCUT2D eigenvalue weighted by Gasteiger charge is 2.51. The maximum absolute atomic E-state index is 13.7. The van der Waals surface area contributed by atoms with Crippen LogP contribution in [0.15, 0.2) is 48.6 Å². The number of carbonyl (C=O) groups is 2. The first kappa shape index (κ1) is 64.0. The van der Waals surface area contributed by atoms with Crippen molar-refractivity contribution in [2.24, 2.45) is 11.8 Å². The molecule has 21 heteroatoms. The van der Waals surface area contributed by atoms with Crippen molar-refractivity contribution < 1.29 is 92.2 Å². The Labute approximate surface area is 414 Å². The molecule has 2 aliphatic rings. The van der Waals surface area contributed by atoms with Gasteiger partial charge in [0.15, 0.2) is 6.10 Å². The van der Waals surface area contributed by atoms with Crippen molar-refractivity contribution in [2.75, 3.05) is 13.2 Å². The molecule has 1 saturated heterocycles. The van der Waals surface area contributed by atoms with Gasteiger partial charge in [-0.05, 0) is 57.8 Å². The van der Waals surface area contributed by atoms with Gasteiger partial charge in [0.2, 0.25) is 0 Å². The largest absolute Gasteiger partial charge is 0.472 e. The van der Waals surface area contributed by atoms with Crippen LogP contribution in [0.4, 0.5) is 0 Å². The summed E-state index contributed by atoms with van der Waals surface area (Å²) in [5.74, 6) is -4.43. The molecule has 1 heterocycles. The van der Waals surface area contributed by atoms with Crippen LogP contribution in [0.5, 0.6) is 0 Å². The number of phosphoric acid groups is 2. The number of phosphoric ester groups is 2. The van der Waals surface area contributed by atoms with E-state index in [2.05, 4.69) is 31.2 Å². The highest BCUT2D eigenvalue weighted by Crippen LogP contribution is 2.50. The van der Waals surface area contributed by atoms with Crippen LogP contribution in [0.3, 0.4) is 0 Å². The Bertz CT molecular complexity index is 1650. The Kier molecular flexibility index (Phi) is 32.8. The van der Waals surface area contributed by atoms with Crippen molar-refractivity contribution in [1.82, 2.24) is 0 Å². The Morgan fingerprint density at radius 2 is 1.40 bits per heavy atom. The third-order valence-electron chi connectivity index (χ3n) is 12.5. The van der Waals surface area contributed by atoms with Crippen molar-refractivity contribution in [3.05, 3.63) is 48.6 Å². The number of aliphatic hydroxyl groups excluding tert-OH is 7. The van der Waals surface area contributed by atoms with Gasteiger partial charge in [0.1, 0.15) is 31.0 Å². The quantitative estimate of drug-likeness (QED) is 0.0203. The summed E-state index contributed by atoms with van der Waals surface area (Å²) in [6.07, 6.45) is 8.52. The number of ether oxygens (including phenoxy) is 2. The van der Waals surface area contributed by atoms with Gasteiger partial charge >= 0.3 is 27.6 Å². The first-order valence-corrected chi connectivity index (χ1v) is 28.5. The zero-order valence-corrected chi connectivity index (χ0v) is 43.1. The van der Waals surface area contributed by atoms with E-state index in [1.807, 2.05) is 19.1 Å². The summed E-state index contributed by atoms with van der Waals surface area (Å²) in [6.45, 7) is 2.56. The third-order valence-corrected chi connectivity index (χ3v) is 14.0. The lowest BCUT2D eigenvalue weighted by molar-refractivity contribution is -0.166. The van der Waals surface area contributed by atoms with Crippen LogP contribution in [0.2, 0.25) is 0 Å². The number of aliphatic hydroxyl groups is 7. The lowest BCUT2D eigenvalue weighted by Crippen LogP contribution is -2.56. The summed E-state index contributed by atoms with van der Waals surface area (Å²) in [7, 11) is -11.4. The van der Waals surface area contributed by atoms with Crippen LogP contribution in [-0.4, -0.2) is 137 Å². The minimum atomic E-state index is -5.76. The van der Waals surface area contributed by atoms with Crippen LogP contribution in [0.1, 0.15) is 162 Å². The molecular formula is C49H86O19P2. The van der Waals surface area contributed by atoms with Crippen LogP contribution in [-0.2, 0) is 41.8 Å². The highest BCUT2D eigenvalue weighted by atomic mass is 31.2. The van der Waals surface area contributed by atoms with Gasteiger partial charge in [-0.1, -0.05) is 133 Å². The van der Waals surface area contributed by atoms with Crippen LogP contribution < -0.4 is 0 Å². The van der Waals surface area contributed by atoms with Gasteiger partial charge in [0.25, 0.3) is 0 Å². The van der Waals surface area contributed by atoms with E-state index in [9.17, 15) is 69.1 Å². The van der Waals surface area contributed by atoms with Crippen LogP contribution >= 0.6 is 15.6 Å². The molecule has 0 aromatic heterocycles. The molecule has 1 aliphatic heterocycles. The predicted octanol–water partition coefficient (Wildman–Crippen LogP) is 6.44. The van der Waals surface area contributed by atoms with Crippen LogP contribution in [0, 0.1) is 11.8 Å². The van der Waals surface area contributed by atoms with E-state index >= 15 is 0 Å². The molecule has 0 spiro atoms. The van der Waals surface area contributed by atoms with Gasteiger partial charge in [-0.15, -0.1) is 0 Å². The number of rotatable bonds is 25.